The Morgan fingerprint density at radius 1 is 1.03 bits per heavy atom. The zero-order chi connectivity index (χ0) is 22.2. The summed E-state index contributed by atoms with van der Waals surface area (Å²) in [5.74, 6) is 1.62. The normalized spacial score (nSPS) is 10.7. The zero-order valence-electron chi connectivity index (χ0n) is 17.6. The van der Waals surface area contributed by atoms with Crippen LogP contribution in [0.2, 0.25) is 0 Å². The van der Waals surface area contributed by atoms with Crippen molar-refractivity contribution >= 4 is 17.7 Å². The minimum absolute atomic E-state index is 0.0851. The SMILES string of the molecule is COc1ccccc1CNC(=O)CSc1nnc(-c2cccnc2)n1Cc1ccccc1. The van der Waals surface area contributed by atoms with Crippen molar-refractivity contribution in [2.75, 3.05) is 12.9 Å². The van der Waals surface area contributed by atoms with E-state index in [0.717, 1.165) is 28.3 Å². The van der Waals surface area contributed by atoms with E-state index in [0.29, 0.717) is 18.2 Å². The molecule has 0 spiro atoms. The first-order valence-corrected chi connectivity index (χ1v) is 11.1. The average molecular weight is 446 g/mol. The third-order valence-corrected chi connectivity index (χ3v) is 5.79. The number of methoxy groups -OCH3 is 1. The number of hydrogen-bond donors (Lipinski definition) is 1. The van der Waals surface area contributed by atoms with Crippen LogP contribution in [0.5, 0.6) is 5.75 Å². The number of nitrogens with zero attached hydrogens (tertiary/aromatic N) is 4. The molecule has 7 nitrogen and oxygen atoms in total. The highest BCUT2D eigenvalue weighted by Gasteiger charge is 2.16. The van der Waals surface area contributed by atoms with E-state index < -0.39 is 0 Å². The highest BCUT2D eigenvalue weighted by Crippen LogP contribution is 2.25. The van der Waals surface area contributed by atoms with Gasteiger partial charge in [-0.25, -0.2) is 0 Å². The Morgan fingerprint density at radius 2 is 1.84 bits per heavy atom. The number of nitrogens with one attached hydrogen (secondary N) is 1. The van der Waals surface area contributed by atoms with Crippen molar-refractivity contribution in [2.45, 2.75) is 18.2 Å². The Labute approximate surface area is 190 Å². The van der Waals surface area contributed by atoms with Gasteiger partial charge in [-0.3, -0.25) is 14.3 Å². The molecule has 0 aliphatic rings. The molecule has 0 fully saturated rings. The Balaban J connectivity index is 1.47. The fourth-order valence-electron chi connectivity index (χ4n) is 3.24. The number of carbonyl (C=O) groups excluding carboxylic acids is 1. The second-order valence-corrected chi connectivity index (χ2v) is 7.94. The summed E-state index contributed by atoms with van der Waals surface area (Å²) in [5.41, 5.74) is 2.93. The highest BCUT2D eigenvalue weighted by molar-refractivity contribution is 7.99. The van der Waals surface area contributed by atoms with Crippen molar-refractivity contribution in [3.05, 3.63) is 90.3 Å². The number of aromatic nitrogens is 4. The predicted octanol–water partition coefficient (Wildman–Crippen LogP) is 3.81. The third kappa shape index (κ3) is 5.33. The van der Waals surface area contributed by atoms with Gasteiger partial charge in [0.2, 0.25) is 5.91 Å². The minimum atomic E-state index is -0.0851. The summed E-state index contributed by atoms with van der Waals surface area (Å²) in [4.78, 5) is 16.7. The predicted molar refractivity (Wildman–Crippen MR) is 124 cm³/mol. The Morgan fingerprint density at radius 3 is 2.62 bits per heavy atom. The van der Waals surface area contributed by atoms with Crippen LogP contribution in [-0.2, 0) is 17.9 Å². The molecule has 0 unspecified atom stereocenters. The Kier molecular flexibility index (Phi) is 7.14. The second-order valence-electron chi connectivity index (χ2n) is 7.00. The molecule has 0 radical (unpaired) electrons. The van der Waals surface area contributed by atoms with Gasteiger partial charge in [0.15, 0.2) is 11.0 Å². The number of carbonyl (C=O) groups is 1. The van der Waals surface area contributed by atoms with Gasteiger partial charge in [0.1, 0.15) is 5.75 Å². The van der Waals surface area contributed by atoms with Gasteiger partial charge in [0.25, 0.3) is 0 Å². The quantitative estimate of drug-likeness (QED) is 0.395. The number of ether oxygens (including phenoxy) is 1. The molecule has 4 rings (SSSR count). The molecule has 0 saturated heterocycles. The molecule has 32 heavy (non-hydrogen) atoms. The molecular weight excluding hydrogens is 422 g/mol. The number of para-hydroxylation sites is 1. The number of pyridine rings is 1. The lowest BCUT2D eigenvalue weighted by molar-refractivity contribution is -0.118. The van der Waals surface area contributed by atoms with Crippen molar-refractivity contribution < 1.29 is 9.53 Å². The Hall–Kier alpha value is -3.65. The summed E-state index contributed by atoms with van der Waals surface area (Å²) in [6.07, 6.45) is 3.49. The van der Waals surface area contributed by atoms with E-state index in [1.54, 1.807) is 19.5 Å². The molecule has 4 aromatic rings. The van der Waals surface area contributed by atoms with Gasteiger partial charge in [0, 0.05) is 30.1 Å². The fourth-order valence-corrected chi connectivity index (χ4v) is 4.00. The third-order valence-electron chi connectivity index (χ3n) is 4.82. The largest absolute Gasteiger partial charge is 0.496 e. The Bertz CT molecular complexity index is 1170. The van der Waals surface area contributed by atoms with Gasteiger partial charge in [0.05, 0.1) is 19.4 Å². The molecule has 0 bridgehead atoms. The first-order chi connectivity index (χ1) is 15.7. The van der Waals surface area contributed by atoms with Crippen molar-refractivity contribution in [2.24, 2.45) is 0 Å². The van der Waals surface area contributed by atoms with Crippen molar-refractivity contribution in [1.29, 1.82) is 0 Å². The molecule has 0 atom stereocenters. The number of hydrogen-bond acceptors (Lipinski definition) is 6. The van der Waals surface area contributed by atoms with E-state index in [1.807, 2.05) is 59.2 Å². The van der Waals surface area contributed by atoms with E-state index >= 15 is 0 Å². The maximum absolute atomic E-state index is 12.5. The summed E-state index contributed by atoms with van der Waals surface area (Å²) in [6.45, 7) is 1.00. The summed E-state index contributed by atoms with van der Waals surface area (Å²) in [5, 5.41) is 12.4. The van der Waals surface area contributed by atoms with Gasteiger partial charge >= 0.3 is 0 Å². The highest BCUT2D eigenvalue weighted by atomic mass is 32.2. The molecule has 8 heteroatoms. The van der Waals surface area contributed by atoms with Crippen LogP contribution in [0.3, 0.4) is 0 Å². The molecule has 0 saturated carbocycles. The molecule has 0 aliphatic heterocycles. The molecule has 1 N–H and O–H groups in total. The molecule has 1 amide bonds. The van der Waals surface area contributed by atoms with Crippen LogP contribution >= 0.6 is 11.8 Å². The average Bonchev–Trinajstić information content (AvgIpc) is 3.25. The zero-order valence-corrected chi connectivity index (χ0v) is 18.5. The fraction of sp³-hybridized carbons (Fsp3) is 0.167. The van der Waals surface area contributed by atoms with Crippen molar-refractivity contribution in [3.8, 4) is 17.1 Å². The molecule has 2 aromatic heterocycles. The molecule has 0 aliphatic carbocycles. The standard InChI is InChI=1S/C24H23N5O2S/c1-31-21-12-6-5-10-19(21)15-26-22(30)17-32-24-28-27-23(20-11-7-13-25-14-20)29(24)16-18-8-3-2-4-9-18/h2-14H,15-17H2,1H3,(H,26,30). The summed E-state index contributed by atoms with van der Waals surface area (Å²) >= 11 is 1.36. The van der Waals surface area contributed by atoms with Crippen LogP contribution < -0.4 is 10.1 Å². The van der Waals surface area contributed by atoms with Crippen LogP contribution in [0.1, 0.15) is 11.1 Å². The first kappa shape index (κ1) is 21.6. The van der Waals surface area contributed by atoms with Crippen LogP contribution in [0.25, 0.3) is 11.4 Å². The number of amides is 1. The van der Waals surface area contributed by atoms with Gasteiger partial charge in [-0.1, -0.05) is 60.3 Å². The second kappa shape index (κ2) is 10.6. The van der Waals surface area contributed by atoms with Crippen LogP contribution in [0.15, 0.2) is 84.3 Å². The minimum Gasteiger partial charge on any atom is -0.496 e. The van der Waals surface area contributed by atoms with Crippen LogP contribution in [-0.4, -0.2) is 38.5 Å². The maximum Gasteiger partial charge on any atom is 0.230 e. The van der Waals surface area contributed by atoms with E-state index in [2.05, 4.69) is 32.6 Å². The lowest BCUT2D eigenvalue weighted by atomic mass is 10.2. The summed E-state index contributed by atoms with van der Waals surface area (Å²) in [7, 11) is 1.62. The van der Waals surface area contributed by atoms with E-state index in [9.17, 15) is 4.79 Å². The van der Waals surface area contributed by atoms with Gasteiger partial charge in [-0.05, 0) is 23.8 Å². The smallest absolute Gasteiger partial charge is 0.230 e. The van der Waals surface area contributed by atoms with Crippen LogP contribution in [0, 0.1) is 0 Å². The molecule has 2 aromatic carbocycles. The molecule has 2 heterocycles. The maximum atomic E-state index is 12.5. The van der Waals surface area contributed by atoms with Gasteiger partial charge in [-0.15, -0.1) is 10.2 Å². The summed E-state index contributed by atoms with van der Waals surface area (Å²) < 4.78 is 7.36. The number of thioether (sulfide) groups is 1. The lowest BCUT2D eigenvalue weighted by Gasteiger charge is -2.11. The lowest BCUT2D eigenvalue weighted by Crippen LogP contribution is -2.25. The van der Waals surface area contributed by atoms with Crippen molar-refractivity contribution in [1.82, 2.24) is 25.1 Å². The van der Waals surface area contributed by atoms with E-state index in [4.69, 9.17) is 4.74 Å². The molecular formula is C24H23N5O2S. The van der Waals surface area contributed by atoms with Crippen LogP contribution in [0.4, 0.5) is 0 Å². The van der Waals surface area contributed by atoms with Gasteiger partial charge in [-0.2, -0.15) is 0 Å². The van der Waals surface area contributed by atoms with Crippen molar-refractivity contribution in [3.63, 3.8) is 0 Å². The van der Waals surface area contributed by atoms with Gasteiger partial charge < -0.3 is 10.1 Å². The topological polar surface area (TPSA) is 81.9 Å². The van der Waals surface area contributed by atoms with E-state index in [1.165, 1.54) is 11.8 Å². The first-order valence-electron chi connectivity index (χ1n) is 10.1. The number of benzene rings is 2. The number of rotatable bonds is 9. The van der Waals surface area contributed by atoms with E-state index in [-0.39, 0.29) is 11.7 Å². The monoisotopic (exact) mass is 445 g/mol. The molecule has 162 valence electrons. The summed E-state index contributed by atoms with van der Waals surface area (Å²) in [6, 6.07) is 21.6.